The topological polar surface area (TPSA) is 76.2 Å². The number of rotatable bonds is 3. The first-order chi connectivity index (χ1) is 8.00. The molecular formula is C13H14N2O2. The van der Waals surface area contributed by atoms with E-state index in [4.69, 9.17) is 10.8 Å². The van der Waals surface area contributed by atoms with Crippen molar-refractivity contribution in [1.29, 1.82) is 0 Å². The van der Waals surface area contributed by atoms with Gasteiger partial charge in [0.05, 0.1) is 0 Å². The number of benzene rings is 1. The lowest BCUT2D eigenvalue weighted by atomic mass is 9.92. The highest BCUT2D eigenvalue weighted by molar-refractivity contribution is 5.86. The second-order valence-corrected chi connectivity index (χ2v) is 4.42. The van der Waals surface area contributed by atoms with Crippen LogP contribution >= 0.6 is 0 Å². The van der Waals surface area contributed by atoms with Crippen LogP contribution in [0.25, 0.3) is 10.8 Å². The fraction of sp³-hybridized carbons (Fsp3) is 0.231. The minimum absolute atomic E-state index is 0.261. The Morgan fingerprint density at radius 3 is 2.82 bits per heavy atom. The molecule has 0 radical (unpaired) electrons. The Bertz CT molecular complexity index is 559. The first kappa shape index (κ1) is 11.5. The molecule has 3 N–H and O–H groups in total. The van der Waals surface area contributed by atoms with Gasteiger partial charge in [-0.05, 0) is 17.9 Å². The third kappa shape index (κ3) is 2.26. The van der Waals surface area contributed by atoms with Crippen molar-refractivity contribution in [3.8, 4) is 0 Å². The first-order valence-electron chi connectivity index (χ1n) is 5.34. The highest BCUT2D eigenvalue weighted by Crippen LogP contribution is 2.20. The number of aromatic nitrogens is 1. The summed E-state index contributed by atoms with van der Waals surface area (Å²) >= 11 is 0. The molecule has 0 unspecified atom stereocenters. The van der Waals surface area contributed by atoms with Gasteiger partial charge in [0.2, 0.25) is 0 Å². The molecule has 2 aromatic rings. The summed E-state index contributed by atoms with van der Waals surface area (Å²) in [5, 5.41) is 11.0. The first-order valence-corrected chi connectivity index (χ1v) is 5.34. The molecule has 4 nitrogen and oxygen atoms in total. The molecule has 0 saturated heterocycles. The lowest BCUT2D eigenvalue weighted by Gasteiger charge is -2.19. The van der Waals surface area contributed by atoms with Gasteiger partial charge in [0.15, 0.2) is 0 Å². The molecular weight excluding hydrogens is 216 g/mol. The third-order valence-electron chi connectivity index (χ3n) is 2.80. The van der Waals surface area contributed by atoms with Crippen molar-refractivity contribution < 1.29 is 9.90 Å². The van der Waals surface area contributed by atoms with Crippen LogP contribution in [0.3, 0.4) is 0 Å². The predicted molar refractivity (Wildman–Crippen MR) is 65.7 cm³/mol. The average molecular weight is 230 g/mol. The Labute approximate surface area is 99.1 Å². The van der Waals surface area contributed by atoms with Gasteiger partial charge in [0.25, 0.3) is 0 Å². The second kappa shape index (κ2) is 4.14. The third-order valence-corrected chi connectivity index (χ3v) is 2.80. The molecule has 1 atom stereocenters. The maximum atomic E-state index is 11.0. The van der Waals surface area contributed by atoms with Gasteiger partial charge in [-0.2, -0.15) is 0 Å². The maximum Gasteiger partial charge on any atom is 0.323 e. The van der Waals surface area contributed by atoms with Gasteiger partial charge in [-0.25, -0.2) is 0 Å². The van der Waals surface area contributed by atoms with Crippen LogP contribution in [-0.2, 0) is 11.2 Å². The summed E-state index contributed by atoms with van der Waals surface area (Å²) in [6.07, 6.45) is 3.69. The standard InChI is InChI=1S/C13H14N2O2/c1-13(14,12(16)17)6-10-8-15-7-9-4-2-3-5-11(9)10/h2-5,7-8H,6,14H2,1H3,(H,16,17)/t13-/m0/s1. The zero-order valence-electron chi connectivity index (χ0n) is 9.55. The molecule has 0 spiro atoms. The van der Waals surface area contributed by atoms with Crippen molar-refractivity contribution in [1.82, 2.24) is 4.98 Å². The number of nitrogens with two attached hydrogens (primary N) is 1. The number of hydrogen-bond acceptors (Lipinski definition) is 3. The van der Waals surface area contributed by atoms with Crippen LogP contribution in [0.15, 0.2) is 36.7 Å². The molecule has 0 bridgehead atoms. The summed E-state index contributed by atoms with van der Waals surface area (Å²) in [7, 11) is 0. The molecule has 0 aliphatic rings. The van der Waals surface area contributed by atoms with Crippen molar-refractivity contribution in [3.63, 3.8) is 0 Å². The van der Waals surface area contributed by atoms with E-state index in [1.807, 2.05) is 24.3 Å². The largest absolute Gasteiger partial charge is 0.480 e. The van der Waals surface area contributed by atoms with Gasteiger partial charge in [-0.3, -0.25) is 9.78 Å². The Hall–Kier alpha value is -1.94. The lowest BCUT2D eigenvalue weighted by molar-refractivity contribution is -0.142. The van der Waals surface area contributed by atoms with Gasteiger partial charge >= 0.3 is 5.97 Å². The summed E-state index contributed by atoms with van der Waals surface area (Å²) in [6.45, 7) is 1.51. The van der Waals surface area contributed by atoms with Gasteiger partial charge in [-0.15, -0.1) is 0 Å². The van der Waals surface area contributed by atoms with E-state index in [9.17, 15) is 4.79 Å². The average Bonchev–Trinajstić information content (AvgIpc) is 2.29. The number of aliphatic carboxylic acids is 1. The second-order valence-electron chi connectivity index (χ2n) is 4.42. The Morgan fingerprint density at radius 2 is 2.12 bits per heavy atom. The van der Waals surface area contributed by atoms with E-state index in [2.05, 4.69) is 4.98 Å². The molecule has 1 aromatic carbocycles. The summed E-state index contributed by atoms with van der Waals surface area (Å²) in [5.41, 5.74) is 5.34. The summed E-state index contributed by atoms with van der Waals surface area (Å²) in [5.74, 6) is -1.01. The zero-order chi connectivity index (χ0) is 12.5. The van der Waals surface area contributed by atoms with Gasteiger partial charge in [0.1, 0.15) is 5.54 Å². The number of fused-ring (bicyclic) bond motifs is 1. The van der Waals surface area contributed by atoms with E-state index in [1.54, 1.807) is 12.4 Å². The molecule has 2 rings (SSSR count). The van der Waals surface area contributed by atoms with Crippen LogP contribution in [0.1, 0.15) is 12.5 Å². The van der Waals surface area contributed by atoms with Crippen LogP contribution in [0, 0.1) is 0 Å². The van der Waals surface area contributed by atoms with E-state index < -0.39 is 11.5 Å². The fourth-order valence-electron chi connectivity index (χ4n) is 1.79. The number of carboxylic acids is 1. The number of carboxylic acid groups (broad SMARTS) is 1. The molecule has 0 saturated carbocycles. The normalized spacial score (nSPS) is 14.5. The fourth-order valence-corrected chi connectivity index (χ4v) is 1.79. The Kier molecular flexibility index (Phi) is 2.81. The van der Waals surface area contributed by atoms with Gasteiger partial charge in [0, 0.05) is 24.2 Å². The van der Waals surface area contributed by atoms with Crippen LogP contribution in [0.4, 0.5) is 0 Å². The van der Waals surface area contributed by atoms with Gasteiger partial charge < -0.3 is 10.8 Å². The molecule has 0 aliphatic heterocycles. The lowest BCUT2D eigenvalue weighted by Crippen LogP contribution is -2.46. The molecule has 88 valence electrons. The van der Waals surface area contributed by atoms with Crippen molar-refractivity contribution >= 4 is 16.7 Å². The SMILES string of the molecule is C[C@](N)(Cc1cncc2ccccc12)C(=O)O. The minimum Gasteiger partial charge on any atom is -0.480 e. The van der Waals surface area contributed by atoms with Crippen LogP contribution < -0.4 is 5.73 Å². The zero-order valence-corrected chi connectivity index (χ0v) is 9.55. The monoisotopic (exact) mass is 230 g/mol. The molecule has 0 fully saturated rings. The highest BCUT2D eigenvalue weighted by Gasteiger charge is 2.28. The van der Waals surface area contributed by atoms with E-state index in [0.717, 1.165) is 16.3 Å². The quantitative estimate of drug-likeness (QED) is 0.839. The molecule has 0 amide bonds. The molecule has 17 heavy (non-hydrogen) atoms. The van der Waals surface area contributed by atoms with Crippen molar-refractivity contribution in [2.75, 3.05) is 0 Å². The number of pyridine rings is 1. The van der Waals surface area contributed by atoms with E-state index in [0.29, 0.717) is 0 Å². The Balaban J connectivity index is 2.46. The number of nitrogens with zero attached hydrogens (tertiary/aromatic N) is 1. The van der Waals surface area contributed by atoms with E-state index >= 15 is 0 Å². The molecule has 0 aliphatic carbocycles. The van der Waals surface area contributed by atoms with E-state index in [-0.39, 0.29) is 6.42 Å². The number of carbonyl (C=O) groups is 1. The predicted octanol–water partition coefficient (Wildman–Crippen LogP) is 1.58. The summed E-state index contributed by atoms with van der Waals surface area (Å²) in [6, 6.07) is 7.73. The van der Waals surface area contributed by atoms with Crippen LogP contribution in [-0.4, -0.2) is 21.6 Å². The van der Waals surface area contributed by atoms with Crippen molar-refractivity contribution in [3.05, 3.63) is 42.2 Å². The van der Waals surface area contributed by atoms with E-state index in [1.165, 1.54) is 6.92 Å². The molecule has 1 aromatic heterocycles. The smallest absolute Gasteiger partial charge is 0.323 e. The van der Waals surface area contributed by atoms with Crippen LogP contribution in [0.5, 0.6) is 0 Å². The van der Waals surface area contributed by atoms with Crippen LogP contribution in [0.2, 0.25) is 0 Å². The number of hydrogen-bond donors (Lipinski definition) is 2. The summed E-state index contributed by atoms with van der Waals surface area (Å²) in [4.78, 5) is 15.1. The molecule has 1 heterocycles. The highest BCUT2D eigenvalue weighted by atomic mass is 16.4. The summed E-state index contributed by atoms with van der Waals surface area (Å²) < 4.78 is 0. The van der Waals surface area contributed by atoms with Crippen molar-refractivity contribution in [2.24, 2.45) is 5.73 Å². The molecule has 4 heteroatoms. The van der Waals surface area contributed by atoms with Gasteiger partial charge in [-0.1, -0.05) is 24.3 Å². The maximum absolute atomic E-state index is 11.0. The Morgan fingerprint density at radius 1 is 1.41 bits per heavy atom. The van der Waals surface area contributed by atoms with Crippen molar-refractivity contribution in [2.45, 2.75) is 18.9 Å². The minimum atomic E-state index is -1.27.